The van der Waals surface area contributed by atoms with Crippen LogP contribution in [-0.2, 0) is 19.1 Å². The van der Waals surface area contributed by atoms with Crippen molar-refractivity contribution in [1.82, 2.24) is 0 Å². The highest BCUT2D eigenvalue weighted by molar-refractivity contribution is 6.11. The highest BCUT2D eigenvalue weighted by Crippen LogP contribution is 2.19. The summed E-state index contributed by atoms with van der Waals surface area (Å²) in [6.45, 7) is 1.76. The second-order valence-electron chi connectivity index (χ2n) is 2.04. The topological polar surface area (TPSA) is 52.6 Å². The maximum atomic E-state index is 10.8. The lowest BCUT2D eigenvalue weighted by Crippen LogP contribution is -2.02. The fourth-order valence-corrected chi connectivity index (χ4v) is 0.919. The number of carbonyl (C=O) groups is 2. The van der Waals surface area contributed by atoms with Gasteiger partial charge in [-0.25, -0.2) is 9.59 Å². The lowest BCUT2D eigenvalue weighted by molar-refractivity contribution is -0.152. The van der Waals surface area contributed by atoms with Crippen LogP contribution in [-0.4, -0.2) is 19.0 Å². The standard InChI is InChI=1S/C7H8O4/c1-3-4-5(10-2)7(9)11-6(4)8/h3H2,1-2H3. The summed E-state index contributed by atoms with van der Waals surface area (Å²) in [5.41, 5.74) is 0.317. The van der Waals surface area contributed by atoms with E-state index in [0.717, 1.165) is 0 Å². The minimum atomic E-state index is -0.686. The number of cyclic esters (lactones) is 2. The van der Waals surface area contributed by atoms with Gasteiger partial charge in [-0.15, -0.1) is 0 Å². The number of esters is 2. The molecule has 0 spiro atoms. The number of rotatable bonds is 2. The summed E-state index contributed by atoms with van der Waals surface area (Å²) in [5, 5.41) is 0. The van der Waals surface area contributed by atoms with Crippen molar-refractivity contribution in [3.8, 4) is 0 Å². The summed E-state index contributed by atoms with van der Waals surface area (Å²) >= 11 is 0. The van der Waals surface area contributed by atoms with Crippen molar-refractivity contribution in [2.75, 3.05) is 7.11 Å². The van der Waals surface area contributed by atoms with Gasteiger partial charge in [-0.05, 0) is 6.42 Å². The summed E-state index contributed by atoms with van der Waals surface area (Å²) in [6.07, 6.45) is 0.452. The Hall–Kier alpha value is -1.32. The molecule has 0 amide bonds. The van der Waals surface area contributed by atoms with E-state index in [2.05, 4.69) is 9.47 Å². The smallest absolute Gasteiger partial charge is 0.382 e. The first-order chi connectivity index (χ1) is 5.20. The van der Waals surface area contributed by atoms with E-state index in [1.165, 1.54) is 7.11 Å². The van der Waals surface area contributed by atoms with Crippen LogP contribution >= 0.6 is 0 Å². The molecule has 11 heavy (non-hydrogen) atoms. The Morgan fingerprint density at radius 3 is 2.36 bits per heavy atom. The second kappa shape index (κ2) is 2.74. The van der Waals surface area contributed by atoms with Crippen molar-refractivity contribution in [2.24, 2.45) is 0 Å². The Labute approximate surface area is 63.8 Å². The zero-order valence-corrected chi connectivity index (χ0v) is 6.34. The predicted molar refractivity (Wildman–Crippen MR) is 35.4 cm³/mol. The average Bonchev–Trinajstić information content (AvgIpc) is 2.24. The summed E-state index contributed by atoms with van der Waals surface area (Å²) in [4.78, 5) is 21.6. The Morgan fingerprint density at radius 2 is 2.00 bits per heavy atom. The molecular formula is C7H8O4. The maximum absolute atomic E-state index is 10.8. The third-order valence-electron chi connectivity index (χ3n) is 1.45. The molecule has 1 heterocycles. The quantitative estimate of drug-likeness (QED) is 0.428. The second-order valence-corrected chi connectivity index (χ2v) is 2.04. The maximum Gasteiger partial charge on any atom is 0.382 e. The number of carbonyl (C=O) groups excluding carboxylic acids is 2. The molecule has 1 aliphatic rings. The van der Waals surface area contributed by atoms with E-state index in [1.807, 2.05) is 0 Å². The molecule has 0 radical (unpaired) electrons. The molecule has 0 atom stereocenters. The van der Waals surface area contributed by atoms with Gasteiger partial charge in [-0.1, -0.05) is 6.92 Å². The third kappa shape index (κ3) is 1.11. The molecule has 0 unspecified atom stereocenters. The molecule has 0 fully saturated rings. The summed E-state index contributed by atoms with van der Waals surface area (Å²) in [7, 11) is 1.34. The molecule has 4 nitrogen and oxygen atoms in total. The largest absolute Gasteiger partial charge is 0.489 e. The van der Waals surface area contributed by atoms with Gasteiger partial charge in [0.25, 0.3) is 0 Å². The molecular weight excluding hydrogens is 148 g/mol. The first-order valence-electron chi connectivity index (χ1n) is 3.24. The predicted octanol–water partition coefficient (Wildman–Crippen LogP) is 0.380. The molecule has 0 aromatic heterocycles. The van der Waals surface area contributed by atoms with Gasteiger partial charge < -0.3 is 9.47 Å². The zero-order chi connectivity index (χ0) is 8.43. The van der Waals surface area contributed by atoms with Crippen LogP contribution in [0.4, 0.5) is 0 Å². The van der Waals surface area contributed by atoms with Crippen molar-refractivity contribution in [1.29, 1.82) is 0 Å². The van der Waals surface area contributed by atoms with Gasteiger partial charge in [0.05, 0.1) is 12.7 Å². The minimum Gasteiger partial charge on any atom is -0.489 e. The molecule has 0 aromatic carbocycles. The van der Waals surface area contributed by atoms with Gasteiger partial charge in [-0.3, -0.25) is 0 Å². The van der Waals surface area contributed by atoms with E-state index < -0.39 is 11.9 Å². The van der Waals surface area contributed by atoms with Crippen LogP contribution in [0.5, 0.6) is 0 Å². The van der Waals surface area contributed by atoms with E-state index >= 15 is 0 Å². The third-order valence-corrected chi connectivity index (χ3v) is 1.45. The van der Waals surface area contributed by atoms with Crippen LogP contribution in [0.25, 0.3) is 0 Å². The summed E-state index contributed by atoms with van der Waals surface area (Å²) in [6, 6.07) is 0. The van der Waals surface area contributed by atoms with Crippen LogP contribution in [0, 0.1) is 0 Å². The Morgan fingerprint density at radius 1 is 1.36 bits per heavy atom. The highest BCUT2D eigenvalue weighted by Gasteiger charge is 2.32. The monoisotopic (exact) mass is 156 g/mol. The highest BCUT2D eigenvalue weighted by atomic mass is 16.6. The van der Waals surface area contributed by atoms with Crippen LogP contribution in [0.2, 0.25) is 0 Å². The Balaban J connectivity index is 3.02. The number of hydrogen-bond donors (Lipinski definition) is 0. The van der Waals surface area contributed by atoms with E-state index in [9.17, 15) is 9.59 Å². The zero-order valence-electron chi connectivity index (χ0n) is 6.34. The number of ether oxygens (including phenoxy) is 2. The molecule has 4 heteroatoms. The Kier molecular flexibility index (Phi) is 1.94. The van der Waals surface area contributed by atoms with Crippen molar-refractivity contribution >= 4 is 11.9 Å². The van der Waals surface area contributed by atoms with Crippen LogP contribution in [0.3, 0.4) is 0 Å². The molecule has 0 aliphatic carbocycles. The number of methoxy groups -OCH3 is 1. The van der Waals surface area contributed by atoms with Gasteiger partial charge in [0, 0.05) is 0 Å². The van der Waals surface area contributed by atoms with Crippen molar-refractivity contribution < 1.29 is 19.1 Å². The van der Waals surface area contributed by atoms with Crippen molar-refractivity contribution in [3.63, 3.8) is 0 Å². The lowest BCUT2D eigenvalue weighted by atomic mass is 10.2. The molecule has 1 rings (SSSR count). The molecule has 0 aromatic rings. The first-order valence-corrected chi connectivity index (χ1v) is 3.24. The van der Waals surface area contributed by atoms with Gasteiger partial charge >= 0.3 is 11.9 Å². The molecule has 0 bridgehead atoms. The van der Waals surface area contributed by atoms with Gasteiger partial charge in [0.15, 0.2) is 0 Å². The molecule has 0 saturated heterocycles. The fourth-order valence-electron chi connectivity index (χ4n) is 0.919. The van der Waals surface area contributed by atoms with Crippen LogP contribution in [0.15, 0.2) is 11.3 Å². The number of hydrogen-bond acceptors (Lipinski definition) is 4. The summed E-state index contributed by atoms with van der Waals surface area (Å²) < 4.78 is 8.97. The molecule has 0 N–H and O–H groups in total. The van der Waals surface area contributed by atoms with Crippen LogP contribution < -0.4 is 0 Å². The van der Waals surface area contributed by atoms with E-state index in [-0.39, 0.29) is 5.76 Å². The first kappa shape index (κ1) is 7.78. The Bertz CT molecular complexity index is 215. The molecule has 1 aliphatic heterocycles. The SMILES string of the molecule is CCC1=C(OC)C(=O)OC1=O. The van der Waals surface area contributed by atoms with E-state index in [4.69, 9.17) is 0 Å². The van der Waals surface area contributed by atoms with E-state index in [0.29, 0.717) is 12.0 Å². The summed E-state index contributed by atoms with van der Waals surface area (Å²) in [5.74, 6) is -1.23. The fraction of sp³-hybridized carbons (Fsp3) is 0.429. The minimum absolute atomic E-state index is 0.0394. The van der Waals surface area contributed by atoms with Crippen LogP contribution in [0.1, 0.15) is 13.3 Å². The lowest BCUT2D eigenvalue weighted by Gasteiger charge is -1.94. The van der Waals surface area contributed by atoms with Gasteiger partial charge in [0.2, 0.25) is 5.76 Å². The average molecular weight is 156 g/mol. The van der Waals surface area contributed by atoms with Gasteiger partial charge in [0.1, 0.15) is 0 Å². The molecule has 60 valence electrons. The van der Waals surface area contributed by atoms with Gasteiger partial charge in [-0.2, -0.15) is 0 Å². The van der Waals surface area contributed by atoms with Crippen molar-refractivity contribution in [3.05, 3.63) is 11.3 Å². The van der Waals surface area contributed by atoms with Crippen molar-refractivity contribution in [2.45, 2.75) is 13.3 Å². The normalized spacial score (nSPS) is 17.3. The molecule has 0 saturated carbocycles. The van der Waals surface area contributed by atoms with E-state index in [1.54, 1.807) is 6.92 Å².